The third-order valence-electron chi connectivity index (χ3n) is 2.12. The average molecular weight is 299 g/mol. The lowest BCUT2D eigenvalue weighted by molar-refractivity contribution is 0.897. The van der Waals surface area contributed by atoms with Gasteiger partial charge in [-0.3, -0.25) is 0 Å². The summed E-state index contributed by atoms with van der Waals surface area (Å²) in [5.41, 5.74) is 7.64. The van der Waals surface area contributed by atoms with Crippen LogP contribution in [0.25, 0.3) is 0 Å². The Balaban J connectivity index is 2.14. The lowest BCUT2D eigenvalue weighted by Gasteiger charge is -2.18. The third-order valence-corrected chi connectivity index (χ3v) is 3.67. The number of hydrogen-bond acceptors (Lipinski definition) is 5. The molecule has 6 heteroatoms. The molecule has 4 nitrogen and oxygen atoms in total. The van der Waals surface area contributed by atoms with Crippen molar-refractivity contribution in [3.8, 4) is 0 Å². The fraction of sp³-hybridized carbons (Fsp3) is 0.200. The lowest BCUT2D eigenvalue weighted by atomic mass is 10.3. The molecule has 0 saturated heterocycles. The van der Waals surface area contributed by atoms with E-state index in [1.807, 2.05) is 11.9 Å². The van der Waals surface area contributed by atoms with Crippen LogP contribution in [0.1, 0.15) is 5.56 Å². The van der Waals surface area contributed by atoms with Crippen LogP contribution in [0.5, 0.6) is 0 Å². The number of thiophene rings is 1. The molecule has 0 aromatic carbocycles. The smallest absolute Gasteiger partial charge is 0.155 e. The molecule has 2 N–H and O–H groups in total. The second-order valence-electron chi connectivity index (χ2n) is 3.42. The van der Waals surface area contributed by atoms with Crippen molar-refractivity contribution < 1.29 is 0 Å². The second-order valence-corrected chi connectivity index (χ2v) is 5.71. The molecular formula is C10H11BrN4S. The molecule has 0 fully saturated rings. The summed E-state index contributed by atoms with van der Waals surface area (Å²) in [7, 11) is 1.96. The van der Waals surface area contributed by atoms with Gasteiger partial charge in [0.05, 0.1) is 15.7 Å². The molecule has 84 valence electrons. The monoisotopic (exact) mass is 298 g/mol. The van der Waals surface area contributed by atoms with Crippen LogP contribution in [-0.2, 0) is 6.54 Å². The molecule has 0 saturated carbocycles. The Labute approximate surface area is 106 Å². The molecule has 0 bridgehead atoms. The minimum absolute atomic E-state index is 0.597. The Bertz CT molecular complexity index is 485. The zero-order valence-electron chi connectivity index (χ0n) is 8.72. The number of nitrogen functional groups attached to an aromatic ring is 1. The fourth-order valence-corrected chi connectivity index (χ4v) is 2.63. The van der Waals surface area contributed by atoms with Crippen molar-refractivity contribution >= 4 is 38.8 Å². The van der Waals surface area contributed by atoms with Crippen LogP contribution >= 0.6 is 27.3 Å². The van der Waals surface area contributed by atoms with Gasteiger partial charge in [0.15, 0.2) is 5.82 Å². The van der Waals surface area contributed by atoms with Gasteiger partial charge in [0.25, 0.3) is 0 Å². The molecule has 0 amide bonds. The number of nitrogens with zero attached hydrogens (tertiary/aromatic N) is 3. The van der Waals surface area contributed by atoms with Crippen molar-refractivity contribution in [1.29, 1.82) is 0 Å². The summed E-state index contributed by atoms with van der Waals surface area (Å²) >= 11 is 5.11. The third kappa shape index (κ3) is 2.51. The first-order valence-electron chi connectivity index (χ1n) is 4.66. The summed E-state index contributed by atoms with van der Waals surface area (Å²) in [5, 5.41) is 2.11. The van der Waals surface area contributed by atoms with Crippen molar-refractivity contribution in [2.75, 3.05) is 17.7 Å². The highest BCUT2D eigenvalue weighted by atomic mass is 79.9. The van der Waals surface area contributed by atoms with Gasteiger partial charge in [-0.25, -0.2) is 9.97 Å². The van der Waals surface area contributed by atoms with E-state index in [-0.39, 0.29) is 0 Å². The van der Waals surface area contributed by atoms with E-state index in [0.29, 0.717) is 5.69 Å². The molecule has 16 heavy (non-hydrogen) atoms. The van der Waals surface area contributed by atoms with E-state index in [0.717, 1.165) is 16.1 Å². The number of aromatic nitrogens is 2. The van der Waals surface area contributed by atoms with Crippen LogP contribution in [0.4, 0.5) is 11.5 Å². The maximum Gasteiger partial charge on any atom is 0.155 e. The molecule has 2 aromatic rings. The predicted octanol–water partition coefficient (Wildman–Crippen LogP) is 2.52. The number of nitrogens with two attached hydrogens (primary N) is 1. The van der Waals surface area contributed by atoms with Crippen molar-refractivity contribution in [1.82, 2.24) is 9.97 Å². The Morgan fingerprint density at radius 2 is 2.38 bits per heavy atom. The Morgan fingerprint density at radius 3 is 3.00 bits per heavy atom. The van der Waals surface area contributed by atoms with E-state index >= 15 is 0 Å². The van der Waals surface area contributed by atoms with Gasteiger partial charge < -0.3 is 10.6 Å². The quantitative estimate of drug-likeness (QED) is 0.946. The van der Waals surface area contributed by atoms with Crippen molar-refractivity contribution in [2.45, 2.75) is 6.54 Å². The molecule has 0 aliphatic carbocycles. The molecule has 0 aliphatic heterocycles. The number of anilines is 2. The topological polar surface area (TPSA) is 55.0 Å². The minimum Gasteiger partial charge on any atom is -0.394 e. The van der Waals surface area contributed by atoms with E-state index in [9.17, 15) is 0 Å². The first-order valence-corrected chi connectivity index (χ1v) is 6.33. The molecule has 0 spiro atoms. The summed E-state index contributed by atoms with van der Waals surface area (Å²) in [5.74, 6) is 0.761. The van der Waals surface area contributed by atoms with E-state index in [2.05, 4.69) is 37.3 Å². The largest absolute Gasteiger partial charge is 0.394 e. The number of halogens is 1. The molecule has 0 atom stereocenters. The molecule has 0 aliphatic rings. The van der Waals surface area contributed by atoms with E-state index in [4.69, 9.17) is 5.73 Å². The first-order chi connectivity index (χ1) is 7.66. The fourth-order valence-electron chi connectivity index (χ4n) is 1.43. The van der Waals surface area contributed by atoms with Gasteiger partial charge in [0.1, 0.15) is 6.33 Å². The highest BCUT2D eigenvalue weighted by Crippen LogP contribution is 2.24. The molecule has 0 unspecified atom stereocenters. The second kappa shape index (κ2) is 4.80. The summed E-state index contributed by atoms with van der Waals surface area (Å²) in [4.78, 5) is 10.0. The maximum atomic E-state index is 5.81. The van der Waals surface area contributed by atoms with Crippen LogP contribution in [-0.4, -0.2) is 17.0 Å². The molecule has 2 aromatic heterocycles. The van der Waals surface area contributed by atoms with E-state index in [1.54, 1.807) is 17.5 Å². The standard InChI is InChI=1S/C10H11BrN4S/c1-15(4-7-2-9(11)16-5-7)10-8(12)3-13-6-14-10/h2-3,5-6H,4,12H2,1H3. The van der Waals surface area contributed by atoms with Crippen LogP contribution < -0.4 is 10.6 Å². The van der Waals surface area contributed by atoms with Crippen molar-refractivity contribution in [3.63, 3.8) is 0 Å². The summed E-state index contributed by atoms with van der Waals surface area (Å²) < 4.78 is 1.13. The zero-order chi connectivity index (χ0) is 11.5. The SMILES string of the molecule is CN(Cc1csc(Br)c1)c1ncncc1N. The summed E-state index contributed by atoms with van der Waals surface area (Å²) in [6.45, 7) is 0.781. The Kier molecular flexibility index (Phi) is 3.40. The van der Waals surface area contributed by atoms with Crippen LogP contribution in [0.2, 0.25) is 0 Å². The molecule has 2 heterocycles. The summed E-state index contributed by atoms with van der Waals surface area (Å²) in [6.07, 6.45) is 3.12. The summed E-state index contributed by atoms with van der Waals surface area (Å²) in [6, 6.07) is 2.10. The lowest BCUT2D eigenvalue weighted by Crippen LogP contribution is -2.18. The maximum absolute atomic E-state index is 5.81. The molecule has 2 rings (SSSR count). The van der Waals surface area contributed by atoms with Gasteiger partial charge in [-0.2, -0.15) is 0 Å². The van der Waals surface area contributed by atoms with Crippen LogP contribution in [0, 0.1) is 0 Å². The zero-order valence-corrected chi connectivity index (χ0v) is 11.1. The Hall–Kier alpha value is -1.14. The number of hydrogen-bond donors (Lipinski definition) is 1. The van der Waals surface area contributed by atoms with E-state index in [1.165, 1.54) is 11.9 Å². The first kappa shape index (κ1) is 11.3. The Morgan fingerprint density at radius 1 is 1.56 bits per heavy atom. The predicted molar refractivity (Wildman–Crippen MR) is 70.6 cm³/mol. The van der Waals surface area contributed by atoms with E-state index < -0.39 is 0 Å². The van der Waals surface area contributed by atoms with Gasteiger partial charge in [-0.05, 0) is 32.9 Å². The van der Waals surface area contributed by atoms with Gasteiger partial charge >= 0.3 is 0 Å². The molecule has 0 radical (unpaired) electrons. The highest BCUT2D eigenvalue weighted by Gasteiger charge is 2.08. The molecular weight excluding hydrogens is 288 g/mol. The van der Waals surface area contributed by atoms with Crippen LogP contribution in [0.3, 0.4) is 0 Å². The van der Waals surface area contributed by atoms with Gasteiger partial charge in [0, 0.05) is 13.6 Å². The van der Waals surface area contributed by atoms with Crippen molar-refractivity contribution in [2.24, 2.45) is 0 Å². The van der Waals surface area contributed by atoms with Crippen molar-refractivity contribution in [3.05, 3.63) is 33.3 Å². The van der Waals surface area contributed by atoms with Crippen LogP contribution in [0.15, 0.2) is 27.8 Å². The van der Waals surface area contributed by atoms with Gasteiger partial charge in [-0.15, -0.1) is 11.3 Å². The van der Waals surface area contributed by atoms with Gasteiger partial charge in [-0.1, -0.05) is 0 Å². The normalized spacial score (nSPS) is 10.4. The van der Waals surface area contributed by atoms with Gasteiger partial charge in [0.2, 0.25) is 0 Å². The number of rotatable bonds is 3. The minimum atomic E-state index is 0.597. The average Bonchev–Trinajstić information content (AvgIpc) is 2.64. The highest BCUT2D eigenvalue weighted by molar-refractivity contribution is 9.11.